The molecule has 0 radical (unpaired) electrons. The number of ketones is 1. The van der Waals surface area contributed by atoms with Gasteiger partial charge in [0.05, 0.1) is 11.1 Å². The summed E-state index contributed by atoms with van der Waals surface area (Å²) < 4.78 is 32.3. The zero-order chi connectivity index (χ0) is 18.7. The Bertz CT molecular complexity index is 887. The molecule has 1 fully saturated rings. The lowest BCUT2D eigenvalue weighted by atomic mass is 9.98. The van der Waals surface area contributed by atoms with Gasteiger partial charge in [-0.25, -0.2) is 4.98 Å². The van der Waals surface area contributed by atoms with E-state index < -0.39 is 10.3 Å². The van der Waals surface area contributed by atoms with E-state index in [-0.39, 0.29) is 5.78 Å². The number of thiazole rings is 1. The average molecular weight is 396 g/mol. The van der Waals surface area contributed by atoms with Crippen molar-refractivity contribution in [3.8, 4) is 0 Å². The standard InChI is InChI=1S/C17H21N3O4S2/c1-12-4-2-3-5-14(12)16(21)15-11-19-17(25-15)18-10-13-6-8-20(9-7-13)26(22,23)24/h2-5,11,13H,6-10H2,1H3,(H,18,19)(H,22,23,24). The van der Waals surface area contributed by atoms with Crippen LogP contribution >= 0.6 is 11.3 Å². The van der Waals surface area contributed by atoms with Crippen LogP contribution in [0.5, 0.6) is 0 Å². The predicted octanol–water partition coefficient (Wildman–Crippen LogP) is 2.61. The normalized spacial score (nSPS) is 16.5. The van der Waals surface area contributed by atoms with E-state index in [1.165, 1.54) is 11.3 Å². The number of aromatic nitrogens is 1. The highest BCUT2D eigenvalue weighted by molar-refractivity contribution is 7.83. The molecular weight excluding hydrogens is 374 g/mol. The third kappa shape index (κ3) is 4.47. The van der Waals surface area contributed by atoms with E-state index >= 15 is 0 Å². The number of hydrogen-bond acceptors (Lipinski definition) is 6. The van der Waals surface area contributed by atoms with Crippen molar-refractivity contribution in [1.29, 1.82) is 0 Å². The largest absolute Gasteiger partial charge is 0.361 e. The van der Waals surface area contributed by atoms with Gasteiger partial charge in [0.1, 0.15) is 0 Å². The molecule has 0 amide bonds. The lowest BCUT2D eigenvalue weighted by Crippen LogP contribution is -2.39. The first-order chi connectivity index (χ1) is 12.3. The molecule has 1 aliphatic heterocycles. The molecule has 1 aromatic heterocycles. The van der Waals surface area contributed by atoms with Crippen molar-refractivity contribution in [2.45, 2.75) is 19.8 Å². The Hall–Kier alpha value is -1.81. The molecule has 26 heavy (non-hydrogen) atoms. The maximum absolute atomic E-state index is 12.6. The van der Waals surface area contributed by atoms with Crippen LogP contribution in [-0.4, -0.2) is 47.7 Å². The Morgan fingerprint density at radius 2 is 2.04 bits per heavy atom. The molecule has 0 saturated carbocycles. The highest BCUT2D eigenvalue weighted by atomic mass is 32.2. The first-order valence-electron chi connectivity index (χ1n) is 8.37. The molecule has 1 saturated heterocycles. The second-order valence-electron chi connectivity index (χ2n) is 6.37. The van der Waals surface area contributed by atoms with Crippen molar-refractivity contribution in [2.24, 2.45) is 5.92 Å². The Balaban J connectivity index is 1.55. The van der Waals surface area contributed by atoms with Gasteiger partial charge >= 0.3 is 10.3 Å². The van der Waals surface area contributed by atoms with Gasteiger partial charge in [-0.15, -0.1) is 0 Å². The van der Waals surface area contributed by atoms with Crippen LogP contribution in [0.15, 0.2) is 30.5 Å². The number of benzene rings is 1. The fourth-order valence-electron chi connectivity index (χ4n) is 3.00. The number of anilines is 1. The van der Waals surface area contributed by atoms with E-state index in [9.17, 15) is 13.2 Å². The van der Waals surface area contributed by atoms with Crippen molar-refractivity contribution in [3.63, 3.8) is 0 Å². The molecule has 0 unspecified atom stereocenters. The summed E-state index contributed by atoms with van der Waals surface area (Å²) in [7, 11) is -4.09. The van der Waals surface area contributed by atoms with Gasteiger partial charge in [0.2, 0.25) is 5.78 Å². The van der Waals surface area contributed by atoms with Gasteiger partial charge in [0.25, 0.3) is 0 Å². The first kappa shape index (κ1) is 19.0. The van der Waals surface area contributed by atoms with Crippen LogP contribution in [0.2, 0.25) is 0 Å². The van der Waals surface area contributed by atoms with Gasteiger partial charge in [-0.3, -0.25) is 9.35 Å². The Kier molecular flexibility index (Phi) is 5.71. The molecule has 7 nitrogen and oxygen atoms in total. The van der Waals surface area contributed by atoms with Crippen LogP contribution in [0.4, 0.5) is 5.13 Å². The van der Waals surface area contributed by atoms with Crippen molar-refractivity contribution in [1.82, 2.24) is 9.29 Å². The fraction of sp³-hybridized carbons (Fsp3) is 0.412. The monoisotopic (exact) mass is 395 g/mol. The average Bonchev–Trinajstić information content (AvgIpc) is 3.08. The number of nitrogens with zero attached hydrogens (tertiary/aromatic N) is 2. The van der Waals surface area contributed by atoms with Crippen molar-refractivity contribution >= 4 is 32.6 Å². The molecule has 9 heteroatoms. The third-order valence-electron chi connectivity index (χ3n) is 4.56. The van der Waals surface area contributed by atoms with Crippen LogP contribution in [-0.2, 0) is 10.3 Å². The molecule has 1 aromatic carbocycles. The molecule has 2 N–H and O–H groups in total. The zero-order valence-corrected chi connectivity index (χ0v) is 16.0. The van der Waals surface area contributed by atoms with E-state index in [4.69, 9.17) is 4.55 Å². The fourth-order valence-corrected chi connectivity index (χ4v) is 4.45. The zero-order valence-electron chi connectivity index (χ0n) is 14.4. The summed E-state index contributed by atoms with van der Waals surface area (Å²) in [5.74, 6) is 0.266. The second-order valence-corrected chi connectivity index (χ2v) is 8.82. The lowest BCUT2D eigenvalue weighted by Gasteiger charge is -2.29. The van der Waals surface area contributed by atoms with Crippen molar-refractivity contribution < 1.29 is 17.8 Å². The molecular formula is C17H21N3O4S2. The second kappa shape index (κ2) is 7.83. The van der Waals surface area contributed by atoms with Crippen LogP contribution in [0.1, 0.15) is 33.6 Å². The quantitative estimate of drug-likeness (QED) is 0.576. The van der Waals surface area contributed by atoms with Crippen LogP contribution in [0.3, 0.4) is 0 Å². The Morgan fingerprint density at radius 1 is 1.35 bits per heavy atom. The number of carbonyl (C=O) groups excluding carboxylic acids is 1. The summed E-state index contributed by atoms with van der Waals surface area (Å²) >= 11 is 1.32. The molecule has 0 atom stereocenters. The molecule has 3 rings (SSSR count). The minimum absolute atomic E-state index is 0.0323. The van der Waals surface area contributed by atoms with Gasteiger partial charge in [-0.1, -0.05) is 35.6 Å². The number of hydrogen-bond donors (Lipinski definition) is 2. The van der Waals surface area contributed by atoms with Crippen molar-refractivity contribution in [2.75, 3.05) is 25.0 Å². The van der Waals surface area contributed by atoms with Gasteiger partial charge in [0.15, 0.2) is 5.13 Å². The highest BCUT2D eigenvalue weighted by Gasteiger charge is 2.26. The van der Waals surface area contributed by atoms with E-state index in [2.05, 4.69) is 10.3 Å². The highest BCUT2D eigenvalue weighted by Crippen LogP contribution is 2.24. The van der Waals surface area contributed by atoms with Gasteiger partial charge in [-0.05, 0) is 31.2 Å². The molecule has 0 bridgehead atoms. The van der Waals surface area contributed by atoms with Crippen LogP contribution in [0.25, 0.3) is 0 Å². The summed E-state index contributed by atoms with van der Waals surface area (Å²) in [4.78, 5) is 17.4. The molecule has 2 heterocycles. The molecule has 0 spiro atoms. The molecule has 0 aliphatic carbocycles. The molecule has 1 aliphatic rings. The number of carbonyl (C=O) groups is 1. The predicted molar refractivity (Wildman–Crippen MR) is 101 cm³/mol. The van der Waals surface area contributed by atoms with Crippen LogP contribution in [0, 0.1) is 12.8 Å². The minimum Gasteiger partial charge on any atom is -0.361 e. The van der Waals surface area contributed by atoms with E-state index in [1.54, 1.807) is 6.20 Å². The smallest absolute Gasteiger partial charge is 0.335 e. The van der Waals surface area contributed by atoms with Gasteiger partial charge in [0, 0.05) is 25.2 Å². The molecule has 140 valence electrons. The summed E-state index contributed by atoms with van der Waals surface area (Å²) in [5, 5.41) is 3.91. The third-order valence-corrected chi connectivity index (χ3v) is 6.53. The SMILES string of the molecule is Cc1ccccc1C(=O)c1cnc(NCC2CCN(S(=O)(=O)O)CC2)s1. The lowest BCUT2D eigenvalue weighted by molar-refractivity contribution is 0.104. The number of rotatable bonds is 6. The van der Waals surface area contributed by atoms with E-state index in [0.717, 1.165) is 9.87 Å². The van der Waals surface area contributed by atoms with Crippen molar-refractivity contribution in [3.05, 3.63) is 46.5 Å². The number of nitrogens with one attached hydrogen (secondary N) is 1. The topological polar surface area (TPSA) is 99.6 Å². The number of aryl methyl sites for hydroxylation is 1. The Labute approximate surface area is 156 Å². The first-order valence-corrected chi connectivity index (χ1v) is 10.6. The van der Waals surface area contributed by atoms with Crippen LogP contribution < -0.4 is 5.32 Å². The summed E-state index contributed by atoms with van der Waals surface area (Å²) in [6, 6.07) is 7.47. The summed E-state index contributed by atoms with van der Waals surface area (Å²) in [6.07, 6.45) is 2.93. The molecule has 2 aromatic rings. The summed E-state index contributed by atoms with van der Waals surface area (Å²) in [5.41, 5.74) is 1.62. The van der Waals surface area contributed by atoms with E-state index in [1.807, 2.05) is 31.2 Å². The number of piperidine rings is 1. The van der Waals surface area contributed by atoms with Gasteiger partial charge < -0.3 is 5.32 Å². The maximum Gasteiger partial charge on any atom is 0.335 e. The summed E-state index contributed by atoms with van der Waals surface area (Å²) in [6.45, 7) is 3.21. The Morgan fingerprint density at radius 3 is 2.69 bits per heavy atom. The van der Waals surface area contributed by atoms with E-state index in [0.29, 0.717) is 54.0 Å². The van der Waals surface area contributed by atoms with Gasteiger partial charge in [-0.2, -0.15) is 12.7 Å². The maximum atomic E-state index is 12.6. The minimum atomic E-state index is -4.09.